The number of carbonyl (C=O) groups excluding carboxylic acids is 2. The van der Waals surface area contributed by atoms with Gasteiger partial charge in [0.2, 0.25) is 0 Å². The molecule has 0 aliphatic carbocycles. The van der Waals surface area contributed by atoms with Gasteiger partial charge in [-0.05, 0) is 31.2 Å². The van der Waals surface area contributed by atoms with E-state index in [4.69, 9.17) is 4.74 Å². The molecule has 1 fully saturated rings. The van der Waals surface area contributed by atoms with Gasteiger partial charge in [-0.25, -0.2) is 13.9 Å². The Morgan fingerprint density at radius 3 is 2.44 bits per heavy atom. The van der Waals surface area contributed by atoms with Crippen LogP contribution in [0.15, 0.2) is 54.6 Å². The van der Waals surface area contributed by atoms with E-state index < -0.39 is 16.8 Å². The van der Waals surface area contributed by atoms with Gasteiger partial charge in [0.1, 0.15) is 11.5 Å². The summed E-state index contributed by atoms with van der Waals surface area (Å²) in [6.45, 7) is 3.13. The smallest absolute Gasteiger partial charge is 0.409 e. The predicted octanol–water partition coefficient (Wildman–Crippen LogP) is 3.50. The highest BCUT2D eigenvalue weighted by Gasteiger charge is 2.29. The normalized spacial score (nSPS) is 13.6. The predicted molar refractivity (Wildman–Crippen MR) is 120 cm³/mol. The van der Waals surface area contributed by atoms with Crippen molar-refractivity contribution >= 4 is 17.7 Å². The monoisotopic (exact) mass is 467 g/mol. The topological polar surface area (TPSA) is 111 Å². The maximum atomic E-state index is 14.4. The lowest BCUT2D eigenvalue weighted by molar-refractivity contribution is -0.384. The van der Waals surface area contributed by atoms with Crippen molar-refractivity contribution in [1.29, 1.82) is 0 Å². The number of non-ortho nitro benzene ring substituents is 1. The number of benzene rings is 2. The first-order chi connectivity index (χ1) is 16.4. The van der Waals surface area contributed by atoms with Gasteiger partial charge in [0, 0.05) is 43.9 Å². The van der Waals surface area contributed by atoms with Crippen LogP contribution in [0, 0.1) is 15.9 Å². The van der Waals surface area contributed by atoms with E-state index in [1.54, 1.807) is 36.1 Å². The molecule has 0 radical (unpaired) electrons. The van der Waals surface area contributed by atoms with E-state index in [2.05, 4.69) is 5.10 Å². The molecule has 4 rings (SSSR count). The molecule has 2 heterocycles. The largest absolute Gasteiger partial charge is 0.450 e. The number of nitro groups is 1. The number of nitrogens with zero attached hydrogens (tertiary/aromatic N) is 5. The second-order valence-corrected chi connectivity index (χ2v) is 7.56. The van der Waals surface area contributed by atoms with Crippen molar-refractivity contribution in [2.24, 2.45) is 0 Å². The molecule has 0 bridgehead atoms. The molecule has 2 aromatic carbocycles. The number of hydrogen-bond acceptors (Lipinski definition) is 6. The van der Waals surface area contributed by atoms with Gasteiger partial charge in [-0.1, -0.05) is 18.2 Å². The summed E-state index contributed by atoms with van der Waals surface area (Å²) in [6.07, 6.45) is -0.432. The number of amides is 2. The van der Waals surface area contributed by atoms with E-state index >= 15 is 0 Å². The van der Waals surface area contributed by atoms with Crippen molar-refractivity contribution in [2.75, 3.05) is 32.8 Å². The van der Waals surface area contributed by atoms with Crippen LogP contribution in [0.5, 0.6) is 0 Å². The maximum Gasteiger partial charge on any atom is 0.409 e. The number of nitro benzene ring substituents is 1. The second kappa shape index (κ2) is 9.69. The van der Waals surface area contributed by atoms with Gasteiger partial charge < -0.3 is 14.5 Å². The Morgan fingerprint density at radius 2 is 1.76 bits per heavy atom. The van der Waals surface area contributed by atoms with Gasteiger partial charge in [0.25, 0.3) is 11.6 Å². The summed E-state index contributed by atoms with van der Waals surface area (Å²) in [6, 6.07) is 13.2. The molecule has 0 saturated carbocycles. The third-order valence-electron chi connectivity index (χ3n) is 5.46. The van der Waals surface area contributed by atoms with Crippen molar-refractivity contribution in [3.05, 3.63) is 76.2 Å². The summed E-state index contributed by atoms with van der Waals surface area (Å²) in [7, 11) is 0. The minimum absolute atomic E-state index is 0.128. The highest BCUT2D eigenvalue weighted by Crippen LogP contribution is 2.26. The Morgan fingerprint density at radius 1 is 1.06 bits per heavy atom. The Balaban J connectivity index is 1.69. The molecule has 1 saturated heterocycles. The van der Waals surface area contributed by atoms with E-state index in [1.165, 1.54) is 39.9 Å². The van der Waals surface area contributed by atoms with Gasteiger partial charge in [-0.2, -0.15) is 5.10 Å². The Labute approximate surface area is 194 Å². The van der Waals surface area contributed by atoms with Crippen LogP contribution >= 0.6 is 0 Å². The first-order valence-electron chi connectivity index (χ1n) is 10.7. The van der Waals surface area contributed by atoms with Crippen LogP contribution in [-0.2, 0) is 4.74 Å². The molecule has 0 atom stereocenters. The van der Waals surface area contributed by atoms with Crippen molar-refractivity contribution in [3.63, 3.8) is 0 Å². The van der Waals surface area contributed by atoms with Gasteiger partial charge in [0.05, 0.1) is 22.9 Å². The number of rotatable bonds is 5. The Kier molecular flexibility index (Phi) is 6.53. The van der Waals surface area contributed by atoms with E-state index in [-0.39, 0.29) is 48.2 Å². The summed E-state index contributed by atoms with van der Waals surface area (Å²) in [5, 5.41) is 15.7. The fourth-order valence-electron chi connectivity index (χ4n) is 3.74. The molecule has 1 aliphatic rings. The van der Waals surface area contributed by atoms with Crippen LogP contribution in [0.3, 0.4) is 0 Å². The summed E-state index contributed by atoms with van der Waals surface area (Å²) >= 11 is 0. The minimum Gasteiger partial charge on any atom is -0.450 e. The molecule has 0 spiro atoms. The number of carbonyl (C=O) groups is 2. The first kappa shape index (κ1) is 22.9. The molecule has 2 amide bonds. The van der Waals surface area contributed by atoms with Gasteiger partial charge >= 0.3 is 6.09 Å². The standard InChI is InChI=1S/C23H22FN5O5/c1-2-34-23(31)27-12-10-26(11-13-27)22(30)21-15-20(18-8-3-4-9-19(18)24)25-28(21)16-6-5-7-17(14-16)29(32)33/h3-9,14-15H,2,10-13H2,1H3. The fraction of sp³-hybridized carbons (Fsp3) is 0.261. The summed E-state index contributed by atoms with van der Waals surface area (Å²) < 4.78 is 20.7. The van der Waals surface area contributed by atoms with Crippen molar-refractivity contribution in [2.45, 2.75) is 6.92 Å². The van der Waals surface area contributed by atoms with Crippen molar-refractivity contribution in [3.8, 4) is 16.9 Å². The second-order valence-electron chi connectivity index (χ2n) is 7.56. The molecule has 34 heavy (non-hydrogen) atoms. The third kappa shape index (κ3) is 4.58. The number of halogens is 1. The SMILES string of the molecule is CCOC(=O)N1CCN(C(=O)c2cc(-c3ccccc3F)nn2-c2cccc([N+](=O)[O-])c2)CC1. The van der Waals surface area contributed by atoms with E-state index in [0.717, 1.165) is 0 Å². The molecule has 176 valence electrons. The quantitative estimate of drug-likeness (QED) is 0.420. The third-order valence-corrected chi connectivity index (χ3v) is 5.46. The minimum atomic E-state index is -0.541. The van der Waals surface area contributed by atoms with E-state index in [1.807, 2.05) is 0 Å². The average Bonchev–Trinajstić information content (AvgIpc) is 3.29. The average molecular weight is 467 g/mol. The van der Waals surface area contributed by atoms with Crippen LogP contribution in [0.2, 0.25) is 0 Å². The van der Waals surface area contributed by atoms with E-state index in [0.29, 0.717) is 18.8 Å². The zero-order chi connectivity index (χ0) is 24.2. The van der Waals surface area contributed by atoms with E-state index in [9.17, 15) is 24.1 Å². The number of aromatic nitrogens is 2. The molecule has 0 unspecified atom stereocenters. The van der Waals surface area contributed by atoms with Gasteiger partial charge in [-0.15, -0.1) is 0 Å². The molecular formula is C23H22FN5O5. The van der Waals surface area contributed by atoms with Gasteiger partial charge in [0.15, 0.2) is 0 Å². The fourth-order valence-corrected chi connectivity index (χ4v) is 3.74. The highest BCUT2D eigenvalue weighted by atomic mass is 19.1. The highest BCUT2D eigenvalue weighted by molar-refractivity contribution is 5.94. The number of piperazine rings is 1. The lowest BCUT2D eigenvalue weighted by Gasteiger charge is -2.34. The van der Waals surface area contributed by atoms with Crippen molar-refractivity contribution in [1.82, 2.24) is 19.6 Å². The van der Waals surface area contributed by atoms with Gasteiger partial charge in [-0.3, -0.25) is 14.9 Å². The molecule has 0 N–H and O–H groups in total. The molecule has 11 heteroatoms. The van der Waals surface area contributed by atoms with Crippen LogP contribution in [-0.4, -0.2) is 69.3 Å². The summed E-state index contributed by atoms with van der Waals surface area (Å²) in [5.41, 5.74) is 0.682. The molecule has 1 aromatic heterocycles. The lowest BCUT2D eigenvalue weighted by atomic mass is 10.1. The Bertz CT molecular complexity index is 1240. The zero-order valence-corrected chi connectivity index (χ0v) is 18.4. The Hall–Kier alpha value is -4.28. The number of hydrogen-bond donors (Lipinski definition) is 0. The summed E-state index contributed by atoms with van der Waals surface area (Å²) in [5.74, 6) is -0.890. The van der Waals surface area contributed by atoms with Crippen LogP contribution in [0.1, 0.15) is 17.4 Å². The lowest BCUT2D eigenvalue weighted by Crippen LogP contribution is -2.51. The molecule has 1 aliphatic heterocycles. The first-order valence-corrected chi connectivity index (χ1v) is 10.7. The number of ether oxygens (including phenoxy) is 1. The van der Waals surface area contributed by atoms with Crippen molar-refractivity contribution < 1.29 is 23.6 Å². The molecule has 10 nitrogen and oxygen atoms in total. The van der Waals surface area contributed by atoms with Crippen LogP contribution in [0.25, 0.3) is 16.9 Å². The van der Waals surface area contributed by atoms with Crippen LogP contribution < -0.4 is 0 Å². The maximum absolute atomic E-state index is 14.4. The molecular weight excluding hydrogens is 445 g/mol. The van der Waals surface area contributed by atoms with Crippen LogP contribution in [0.4, 0.5) is 14.9 Å². The zero-order valence-electron chi connectivity index (χ0n) is 18.4. The summed E-state index contributed by atoms with van der Waals surface area (Å²) in [4.78, 5) is 39.2. The molecule has 3 aromatic rings.